The fraction of sp³-hybridized carbons (Fsp3) is 0.571. The van der Waals surface area contributed by atoms with Gasteiger partial charge in [-0.2, -0.15) is 0 Å². The first-order valence-electron chi connectivity index (χ1n) is 6.27. The van der Waals surface area contributed by atoms with Gasteiger partial charge in [0.25, 0.3) is 0 Å². The molecule has 0 spiro atoms. The van der Waals surface area contributed by atoms with Crippen LogP contribution >= 0.6 is 15.9 Å². The molecule has 96 valence electrons. The highest BCUT2D eigenvalue weighted by atomic mass is 79.9. The number of hydrogen-bond donors (Lipinski definition) is 1. The minimum absolute atomic E-state index is 0.188. The van der Waals surface area contributed by atoms with E-state index in [1.807, 2.05) is 13.0 Å². The highest BCUT2D eigenvalue weighted by molar-refractivity contribution is 9.10. The van der Waals surface area contributed by atoms with Crippen LogP contribution < -0.4 is 10.5 Å². The molecule has 2 nitrogen and oxygen atoms in total. The highest BCUT2D eigenvalue weighted by Gasteiger charge is 2.09. The average Bonchev–Trinajstić information content (AvgIpc) is 2.27. The van der Waals surface area contributed by atoms with E-state index in [2.05, 4.69) is 41.9 Å². The molecule has 0 aliphatic rings. The van der Waals surface area contributed by atoms with E-state index in [0.29, 0.717) is 6.10 Å². The molecular formula is C14H22BrNO. The van der Waals surface area contributed by atoms with Gasteiger partial charge >= 0.3 is 0 Å². The third-order valence-corrected chi connectivity index (χ3v) is 3.38. The molecule has 1 rings (SSSR count). The summed E-state index contributed by atoms with van der Waals surface area (Å²) in [6.07, 6.45) is 3.25. The van der Waals surface area contributed by atoms with Crippen LogP contribution in [-0.2, 0) is 6.42 Å². The van der Waals surface area contributed by atoms with E-state index < -0.39 is 0 Å². The maximum atomic E-state index is 5.93. The summed E-state index contributed by atoms with van der Waals surface area (Å²) in [6, 6.07) is 6.40. The van der Waals surface area contributed by atoms with Crippen molar-refractivity contribution in [3.05, 3.63) is 28.2 Å². The molecule has 1 aromatic carbocycles. The lowest BCUT2D eigenvalue weighted by Crippen LogP contribution is -2.18. The maximum Gasteiger partial charge on any atom is 0.133 e. The zero-order chi connectivity index (χ0) is 12.8. The van der Waals surface area contributed by atoms with Crippen molar-refractivity contribution in [3.8, 4) is 5.75 Å². The Morgan fingerprint density at radius 2 is 1.94 bits per heavy atom. The molecule has 0 heterocycles. The zero-order valence-corrected chi connectivity index (χ0v) is 12.5. The summed E-state index contributed by atoms with van der Waals surface area (Å²) in [5, 5.41) is 0. The van der Waals surface area contributed by atoms with Gasteiger partial charge in [0.1, 0.15) is 5.75 Å². The van der Waals surface area contributed by atoms with Crippen molar-refractivity contribution in [2.75, 3.05) is 0 Å². The average molecular weight is 300 g/mol. The van der Waals surface area contributed by atoms with Crippen molar-refractivity contribution in [1.29, 1.82) is 0 Å². The quantitative estimate of drug-likeness (QED) is 0.864. The lowest BCUT2D eigenvalue weighted by molar-refractivity contribution is 0.191. The predicted molar refractivity (Wildman–Crippen MR) is 76.5 cm³/mol. The largest absolute Gasteiger partial charge is 0.489 e. The van der Waals surface area contributed by atoms with E-state index in [9.17, 15) is 0 Å². The van der Waals surface area contributed by atoms with Gasteiger partial charge in [0.15, 0.2) is 0 Å². The van der Waals surface area contributed by atoms with Gasteiger partial charge in [-0.15, -0.1) is 0 Å². The van der Waals surface area contributed by atoms with Crippen molar-refractivity contribution >= 4 is 15.9 Å². The summed E-state index contributed by atoms with van der Waals surface area (Å²) >= 11 is 3.56. The molecule has 0 fully saturated rings. The molecule has 1 aromatic rings. The Kier molecular flexibility index (Phi) is 6.00. The number of nitrogens with two attached hydrogens (primary N) is 1. The summed E-state index contributed by atoms with van der Waals surface area (Å²) in [7, 11) is 0. The predicted octanol–water partition coefficient (Wildman–Crippen LogP) is 3.91. The van der Waals surface area contributed by atoms with E-state index in [1.54, 1.807) is 0 Å². The third-order valence-electron chi connectivity index (χ3n) is 2.76. The lowest BCUT2D eigenvalue weighted by atomic mass is 10.1. The van der Waals surface area contributed by atoms with Gasteiger partial charge in [0.05, 0.1) is 10.6 Å². The molecule has 17 heavy (non-hydrogen) atoms. The monoisotopic (exact) mass is 299 g/mol. The first-order valence-corrected chi connectivity index (χ1v) is 7.06. The summed E-state index contributed by atoms with van der Waals surface area (Å²) in [6.45, 7) is 6.31. The fourth-order valence-corrected chi connectivity index (χ4v) is 2.29. The van der Waals surface area contributed by atoms with Gasteiger partial charge in [-0.05, 0) is 59.8 Å². The Morgan fingerprint density at radius 1 is 1.29 bits per heavy atom. The van der Waals surface area contributed by atoms with Crippen LogP contribution in [0.1, 0.15) is 39.2 Å². The van der Waals surface area contributed by atoms with Crippen LogP contribution in [0.5, 0.6) is 5.75 Å². The minimum atomic E-state index is 0.188. The summed E-state index contributed by atoms with van der Waals surface area (Å²) in [5.41, 5.74) is 7.03. The molecule has 0 aliphatic heterocycles. The highest BCUT2D eigenvalue weighted by Crippen LogP contribution is 2.28. The van der Waals surface area contributed by atoms with Gasteiger partial charge in [-0.1, -0.05) is 19.9 Å². The Bertz CT molecular complexity index is 348. The second-order valence-corrected chi connectivity index (χ2v) is 5.36. The molecule has 0 saturated heterocycles. The van der Waals surface area contributed by atoms with Crippen LogP contribution in [0.25, 0.3) is 0 Å². The first-order chi connectivity index (χ1) is 8.06. The second-order valence-electron chi connectivity index (χ2n) is 4.50. The Hall–Kier alpha value is -0.540. The van der Waals surface area contributed by atoms with Crippen molar-refractivity contribution in [3.63, 3.8) is 0 Å². The van der Waals surface area contributed by atoms with Crippen LogP contribution in [0.2, 0.25) is 0 Å². The molecule has 0 bridgehead atoms. The molecular weight excluding hydrogens is 278 g/mol. The third kappa shape index (κ3) is 4.68. The van der Waals surface area contributed by atoms with Gasteiger partial charge in [0, 0.05) is 6.04 Å². The Balaban J connectivity index is 2.75. The van der Waals surface area contributed by atoms with Gasteiger partial charge < -0.3 is 10.5 Å². The molecule has 2 N–H and O–H groups in total. The Labute approximate surface area is 113 Å². The van der Waals surface area contributed by atoms with Crippen LogP contribution in [-0.4, -0.2) is 12.1 Å². The van der Waals surface area contributed by atoms with E-state index in [-0.39, 0.29) is 6.04 Å². The van der Waals surface area contributed by atoms with Crippen LogP contribution in [0.3, 0.4) is 0 Å². The standard InChI is InChI=1S/C14H22BrNO/c1-4-12(5-2)17-14-7-6-11(8-10(3)16)9-13(14)15/h6-7,9-10,12H,4-5,8,16H2,1-3H3. The van der Waals surface area contributed by atoms with Gasteiger partial charge in [-0.25, -0.2) is 0 Å². The van der Waals surface area contributed by atoms with E-state index in [0.717, 1.165) is 29.5 Å². The molecule has 0 aliphatic carbocycles. The van der Waals surface area contributed by atoms with Crippen molar-refractivity contribution in [2.45, 2.75) is 52.2 Å². The van der Waals surface area contributed by atoms with E-state index in [4.69, 9.17) is 10.5 Å². The smallest absolute Gasteiger partial charge is 0.133 e. The normalized spacial score (nSPS) is 12.8. The summed E-state index contributed by atoms with van der Waals surface area (Å²) < 4.78 is 6.94. The van der Waals surface area contributed by atoms with Crippen LogP contribution in [0.4, 0.5) is 0 Å². The number of rotatable bonds is 6. The number of halogens is 1. The van der Waals surface area contributed by atoms with E-state index >= 15 is 0 Å². The molecule has 0 amide bonds. The molecule has 0 aromatic heterocycles. The number of hydrogen-bond acceptors (Lipinski definition) is 2. The molecule has 0 saturated carbocycles. The van der Waals surface area contributed by atoms with Crippen molar-refractivity contribution in [2.24, 2.45) is 5.73 Å². The Morgan fingerprint density at radius 3 is 2.41 bits per heavy atom. The molecule has 0 radical (unpaired) electrons. The minimum Gasteiger partial charge on any atom is -0.489 e. The van der Waals surface area contributed by atoms with Crippen LogP contribution in [0, 0.1) is 0 Å². The number of ether oxygens (including phenoxy) is 1. The topological polar surface area (TPSA) is 35.2 Å². The lowest BCUT2D eigenvalue weighted by Gasteiger charge is -2.17. The second kappa shape index (κ2) is 7.02. The van der Waals surface area contributed by atoms with E-state index in [1.165, 1.54) is 5.56 Å². The summed E-state index contributed by atoms with van der Waals surface area (Å²) in [5.74, 6) is 0.923. The van der Waals surface area contributed by atoms with Crippen molar-refractivity contribution in [1.82, 2.24) is 0 Å². The van der Waals surface area contributed by atoms with Crippen molar-refractivity contribution < 1.29 is 4.74 Å². The van der Waals surface area contributed by atoms with Gasteiger partial charge in [0.2, 0.25) is 0 Å². The fourth-order valence-electron chi connectivity index (χ4n) is 1.77. The molecule has 1 unspecified atom stereocenters. The molecule has 3 heteroatoms. The zero-order valence-electron chi connectivity index (χ0n) is 10.9. The first kappa shape index (κ1) is 14.5. The SMILES string of the molecule is CCC(CC)Oc1ccc(CC(C)N)cc1Br. The van der Waals surface area contributed by atoms with Gasteiger partial charge in [-0.3, -0.25) is 0 Å². The summed E-state index contributed by atoms with van der Waals surface area (Å²) in [4.78, 5) is 0. The number of benzene rings is 1. The van der Waals surface area contributed by atoms with Crippen LogP contribution in [0.15, 0.2) is 22.7 Å². The maximum absolute atomic E-state index is 5.93. The molecule has 1 atom stereocenters.